The van der Waals surface area contributed by atoms with Crippen molar-refractivity contribution in [2.45, 2.75) is 0 Å². The third-order valence-corrected chi connectivity index (χ3v) is 12.1. The minimum absolute atomic E-state index is 0.00713. The second kappa shape index (κ2) is 16.4. The van der Waals surface area contributed by atoms with E-state index < -0.39 is 60.4 Å². The van der Waals surface area contributed by atoms with E-state index in [1.54, 1.807) is 48.5 Å². The molecule has 13 rings (SSSR count). The fourth-order valence-electron chi connectivity index (χ4n) is 8.89. The summed E-state index contributed by atoms with van der Waals surface area (Å²) in [7, 11) is 0. The van der Waals surface area contributed by atoms with Crippen LogP contribution in [0.25, 0.3) is 128 Å². The highest BCUT2D eigenvalue weighted by molar-refractivity contribution is 6.10. The van der Waals surface area contributed by atoms with Crippen molar-refractivity contribution in [2.24, 2.45) is 0 Å². The van der Waals surface area contributed by atoms with E-state index in [2.05, 4.69) is 42.5 Å². The highest BCUT2D eigenvalue weighted by Gasteiger charge is 2.20. The molecule has 0 saturated carbocycles. The van der Waals surface area contributed by atoms with Gasteiger partial charge in [0.15, 0.2) is 17.5 Å². The average Bonchev–Trinajstić information content (AvgIpc) is 2.26. The predicted octanol–water partition coefficient (Wildman–Crippen LogP) is 16.5. The van der Waals surface area contributed by atoms with E-state index in [0.29, 0.717) is 22.3 Å². The van der Waals surface area contributed by atoms with Crippen LogP contribution in [0, 0.1) is 0 Å². The molecule has 318 valence electrons. The quantitative estimate of drug-likeness (QED) is 0.153. The van der Waals surface area contributed by atoms with Crippen LogP contribution in [-0.2, 0) is 0 Å². The molecule has 0 saturated heterocycles. The molecule has 0 aliphatic heterocycles. The summed E-state index contributed by atoms with van der Waals surface area (Å²) >= 11 is 0. The maximum absolute atomic E-state index is 9.26. The first kappa shape index (κ1) is 27.3. The number of aromatic nitrogens is 4. The molecular formula is C63H40N4O. The van der Waals surface area contributed by atoms with Crippen molar-refractivity contribution in [3.8, 4) is 84.4 Å². The molecule has 0 atom stereocenters. The topological polar surface area (TPSA) is 56.7 Å². The van der Waals surface area contributed by atoms with Crippen molar-refractivity contribution >= 4 is 43.7 Å². The summed E-state index contributed by atoms with van der Waals surface area (Å²) < 4.78 is 132. The molecule has 0 N–H and O–H groups in total. The first-order chi connectivity index (χ1) is 39.5. The Labute approximate surface area is 412 Å². The lowest BCUT2D eigenvalue weighted by atomic mass is 9.95. The number of fused-ring (bicyclic) bond motifs is 6. The molecule has 3 aromatic heterocycles. The zero-order valence-corrected chi connectivity index (χ0v) is 35.7. The van der Waals surface area contributed by atoms with Gasteiger partial charge in [-0.05, 0) is 93.5 Å². The number of hydrogen-bond donors (Lipinski definition) is 0. The maximum Gasteiger partial charge on any atom is 0.166 e. The van der Waals surface area contributed by atoms with Gasteiger partial charge in [0.05, 0.1) is 35.9 Å². The van der Waals surface area contributed by atoms with Crippen LogP contribution >= 0.6 is 0 Å². The average molecular weight is 883 g/mol. The molecule has 0 bridgehead atoms. The van der Waals surface area contributed by atoms with Gasteiger partial charge >= 0.3 is 0 Å². The second-order valence-corrected chi connectivity index (χ2v) is 16.1. The number of nitrogens with zero attached hydrogens (tertiary/aromatic N) is 4. The molecule has 13 aromatic rings. The molecule has 68 heavy (non-hydrogen) atoms. The SMILES string of the molecule is [2H]c1cc([2H])c2c(c1[2H])c1c([2H])c([2H])c([2H])c([2H])c1n2-c1ccccc1-c1nc(-c2cccc(-c3cccc(-c4cccc(-c5ccccc5)c4)c3)c2)nc(-c2cccc(-c3c([2H])c([2H])c([2H])c4c3oc3c([2H])c([2H])c([2H])c([2H])c34)c2)n1. The summed E-state index contributed by atoms with van der Waals surface area (Å²) in [5.41, 5.74) is 7.67. The molecule has 0 aliphatic rings. The number of rotatable bonds is 8. The minimum atomic E-state index is -0.540. The van der Waals surface area contributed by atoms with Crippen LogP contribution in [0.1, 0.15) is 19.2 Å². The molecule has 0 amide bonds. The van der Waals surface area contributed by atoms with Crippen molar-refractivity contribution in [3.05, 3.63) is 242 Å². The molecule has 0 radical (unpaired) electrons. The van der Waals surface area contributed by atoms with Crippen molar-refractivity contribution < 1.29 is 23.6 Å². The summed E-state index contributed by atoms with van der Waals surface area (Å²) in [6.45, 7) is 0. The van der Waals surface area contributed by atoms with E-state index >= 15 is 0 Å². The van der Waals surface area contributed by atoms with Crippen molar-refractivity contribution in [3.63, 3.8) is 0 Å². The number of furan rings is 1. The minimum Gasteiger partial charge on any atom is -0.455 e. The standard InChI is InChI=1S/C63H40N4O/c1-2-17-41(18-3-1)42-19-12-20-43(37-42)44-21-13-22-45(38-44)46-23-14-25-48(39-46)61-64-62(49-26-15-24-47(40-49)50-31-16-32-54-53-29-7-11-36-59(53)68-60(50)54)66-63(65-61)55-30-6-10-35-58(55)67-56-33-8-4-27-51(56)52-28-5-9-34-57(52)67/h1-40H/i4D,5D,7D,8D,11D,16D,27D,28D,29D,31D,32D,33D,34D,36D. The fourth-order valence-corrected chi connectivity index (χ4v) is 8.89. The van der Waals surface area contributed by atoms with Gasteiger partial charge in [0, 0.05) is 43.8 Å². The molecule has 10 aromatic carbocycles. The molecule has 5 nitrogen and oxygen atoms in total. The van der Waals surface area contributed by atoms with E-state index in [4.69, 9.17) is 34.4 Å². The first-order valence-electron chi connectivity index (χ1n) is 28.8. The Hall–Kier alpha value is -9.19. The largest absolute Gasteiger partial charge is 0.455 e. The zero-order chi connectivity index (χ0) is 57.2. The van der Waals surface area contributed by atoms with Gasteiger partial charge in [0.25, 0.3) is 0 Å². The maximum atomic E-state index is 9.26. The molecule has 0 fully saturated rings. The molecular weight excluding hydrogens is 829 g/mol. The van der Waals surface area contributed by atoms with Gasteiger partial charge in [-0.2, -0.15) is 0 Å². The van der Waals surface area contributed by atoms with Gasteiger partial charge in [-0.1, -0.05) is 188 Å². The Balaban J connectivity index is 1.03. The van der Waals surface area contributed by atoms with Crippen LogP contribution in [0.2, 0.25) is 0 Å². The summed E-state index contributed by atoms with van der Waals surface area (Å²) in [4.78, 5) is 15.4. The smallest absolute Gasteiger partial charge is 0.166 e. The summed E-state index contributed by atoms with van der Waals surface area (Å²) in [6, 6.07) is 43.2. The molecule has 0 spiro atoms. The van der Waals surface area contributed by atoms with Crippen LogP contribution in [-0.4, -0.2) is 19.5 Å². The monoisotopic (exact) mass is 882 g/mol. The Morgan fingerprint density at radius 2 is 0.838 bits per heavy atom. The summed E-state index contributed by atoms with van der Waals surface area (Å²) in [5, 5.41) is -0.142. The van der Waals surface area contributed by atoms with Gasteiger partial charge in [-0.15, -0.1) is 0 Å². The number of hydrogen-bond acceptors (Lipinski definition) is 4. The molecule has 0 aliphatic carbocycles. The number of para-hydroxylation sites is 5. The van der Waals surface area contributed by atoms with Crippen molar-refractivity contribution in [2.75, 3.05) is 0 Å². The Bertz CT molecular complexity index is 4890. The zero-order valence-electron chi connectivity index (χ0n) is 49.7. The highest BCUT2D eigenvalue weighted by Crippen LogP contribution is 2.39. The van der Waals surface area contributed by atoms with Crippen LogP contribution < -0.4 is 0 Å². The van der Waals surface area contributed by atoms with E-state index in [0.717, 1.165) is 33.4 Å². The Morgan fingerprint density at radius 3 is 1.56 bits per heavy atom. The highest BCUT2D eigenvalue weighted by atomic mass is 16.3. The van der Waals surface area contributed by atoms with E-state index in [1.165, 1.54) is 10.6 Å². The van der Waals surface area contributed by atoms with Gasteiger partial charge in [-0.3, -0.25) is 0 Å². The number of benzene rings is 10. The first-order valence-corrected chi connectivity index (χ1v) is 21.8. The summed E-state index contributed by atoms with van der Waals surface area (Å²) in [6.07, 6.45) is 0. The van der Waals surface area contributed by atoms with Gasteiger partial charge in [0.2, 0.25) is 0 Å². The van der Waals surface area contributed by atoms with Crippen LogP contribution in [0.3, 0.4) is 0 Å². The Morgan fingerprint density at radius 1 is 0.338 bits per heavy atom. The van der Waals surface area contributed by atoms with Crippen LogP contribution in [0.4, 0.5) is 0 Å². The fraction of sp³-hybridized carbons (Fsp3) is 0. The van der Waals surface area contributed by atoms with Crippen LogP contribution in [0.5, 0.6) is 0 Å². The third kappa shape index (κ3) is 6.84. The lowest BCUT2D eigenvalue weighted by molar-refractivity contribution is 0.670. The summed E-state index contributed by atoms with van der Waals surface area (Å²) in [5.74, 6) is 0.422. The predicted molar refractivity (Wildman–Crippen MR) is 279 cm³/mol. The molecule has 5 heteroatoms. The van der Waals surface area contributed by atoms with E-state index in [1.807, 2.05) is 60.7 Å². The third-order valence-electron chi connectivity index (χ3n) is 12.1. The molecule has 3 heterocycles. The van der Waals surface area contributed by atoms with Gasteiger partial charge in [-0.25, -0.2) is 15.0 Å². The normalized spacial score (nSPS) is 14.4. The van der Waals surface area contributed by atoms with Gasteiger partial charge in [0.1, 0.15) is 11.2 Å². The Kier molecular flexibility index (Phi) is 6.57. The van der Waals surface area contributed by atoms with E-state index in [9.17, 15) is 4.11 Å². The lowest BCUT2D eigenvalue weighted by Gasteiger charge is -2.15. The van der Waals surface area contributed by atoms with Crippen LogP contribution in [0.15, 0.2) is 247 Å². The van der Waals surface area contributed by atoms with E-state index in [-0.39, 0.29) is 96.6 Å². The van der Waals surface area contributed by atoms with Crippen molar-refractivity contribution in [1.82, 2.24) is 19.5 Å². The molecule has 0 unspecified atom stereocenters. The van der Waals surface area contributed by atoms with Crippen molar-refractivity contribution in [1.29, 1.82) is 0 Å². The second-order valence-electron chi connectivity index (χ2n) is 16.1. The van der Waals surface area contributed by atoms with Gasteiger partial charge < -0.3 is 8.98 Å². The lowest BCUT2D eigenvalue weighted by Crippen LogP contribution is -2.03.